The molecule has 0 radical (unpaired) electrons. The van der Waals surface area contributed by atoms with Gasteiger partial charge in [0, 0.05) is 0 Å². The molecule has 0 aromatic heterocycles. The van der Waals surface area contributed by atoms with E-state index in [2.05, 4.69) is 0 Å². The Kier molecular flexibility index (Phi) is 2.43. The summed E-state index contributed by atoms with van der Waals surface area (Å²) in [7, 11) is -3.73. The third kappa shape index (κ3) is 1.78. The lowest BCUT2D eigenvalue weighted by Crippen LogP contribution is -2.40. The molecule has 2 saturated heterocycles. The van der Waals surface area contributed by atoms with Crippen LogP contribution in [0.15, 0.2) is 29.2 Å². The van der Waals surface area contributed by atoms with Gasteiger partial charge in [-0.05, 0) is 31.4 Å². The Morgan fingerprint density at radius 2 is 2.00 bits per heavy atom. The Balaban J connectivity index is 1.68. The Bertz CT molecular complexity index is 611. The monoisotopic (exact) mass is 282 g/mol. The second-order valence-corrected chi connectivity index (χ2v) is 6.80. The molecule has 4 rings (SSSR count). The molecule has 4 unspecified atom stereocenters. The molecule has 6 heteroatoms. The molecule has 0 saturated carbocycles. The van der Waals surface area contributed by atoms with Crippen molar-refractivity contribution >= 4 is 10.1 Å². The highest BCUT2D eigenvalue weighted by Crippen LogP contribution is 2.44. The minimum Gasteiger partial charge on any atom is -0.462 e. The van der Waals surface area contributed by atoms with Crippen molar-refractivity contribution in [1.29, 1.82) is 0 Å². The summed E-state index contributed by atoms with van der Waals surface area (Å²) < 4.78 is 40.9. The average molecular weight is 282 g/mol. The number of ether oxygens (including phenoxy) is 2. The second kappa shape index (κ2) is 3.94. The van der Waals surface area contributed by atoms with Gasteiger partial charge in [0.25, 0.3) is 0 Å². The number of hydrogen-bond acceptors (Lipinski definition) is 5. The van der Waals surface area contributed by atoms with Crippen LogP contribution in [0.2, 0.25) is 0 Å². The maximum absolute atomic E-state index is 12.1. The first-order chi connectivity index (χ1) is 9.13. The fraction of sp³-hybridized carbons (Fsp3) is 0.538. The highest BCUT2D eigenvalue weighted by atomic mass is 32.2. The molecule has 19 heavy (non-hydrogen) atoms. The minimum absolute atomic E-state index is 0.00174. The number of fused-ring (bicyclic) bond motifs is 3. The first kappa shape index (κ1) is 11.7. The molecular formula is C13H14O5S. The summed E-state index contributed by atoms with van der Waals surface area (Å²) in [6, 6.07) is 6.58. The molecule has 1 aromatic rings. The normalized spacial score (nSPS) is 38.7. The van der Waals surface area contributed by atoms with Crippen LogP contribution >= 0.6 is 0 Å². The number of rotatable bonds is 1. The standard InChI is InChI=1S/C13H14O5S/c14-19(15)12-4-2-1-3-11(12)17-13(18-19)9-7-8-5-6-10(9)16-8/h1-4,8-10,13H,5-7H2. The van der Waals surface area contributed by atoms with Crippen molar-refractivity contribution in [2.45, 2.75) is 42.7 Å². The first-order valence-corrected chi connectivity index (χ1v) is 7.89. The SMILES string of the molecule is O=S1(=O)OC(C2CC3CCC2O3)Oc2ccccc21. The molecule has 2 bridgehead atoms. The Hall–Kier alpha value is -1.11. The molecule has 0 spiro atoms. The Labute approximate surface area is 111 Å². The number of benzene rings is 1. The molecule has 3 aliphatic heterocycles. The van der Waals surface area contributed by atoms with Crippen LogP contribution < -0.4 is 4.74 Å². The van der Waals surface area contributed by atoms with Gasteiger partial charge in [-0.25, -0.2) is 4.18 Å². The van der Waals surface area contributed by atoms with E-state index in [9.17, 15) is 8.42 Å². The van der Waals surface area contributed by atoms with Gasteiger partial charge in [-0.3, -0.25) is 0 Å². The zero-order valence-electron chi connectivity index (χ0n) is 10.2. The van der Waals surface area contributed by atoms with Gasteiger partial charge >= 0.3 is 10.1 Å². The summed E-state index contributed by atoms with van der Waals surface area (Å²) in [5, 5.41) is 0. The lowest BCUT2D eigenvalue weighted by molar-refractivity contribution is -0.0664. The molecule has 5 nitrogen and oxygen atoms in total. The van der Waals surface area contributed by atoms with Gasteiger partial charge in [0.1, 0.15) is 10.6 Å². The van der Waals surface area contributed by atoms with Crippen molar-refractivity contribution < 1.29 is 22.1 Å². The van der Waals surface area contributed by atoms with E-state index in [0.29, 0.717) is 5.75 Å². The fourth-order valence-corrected chi connectivity index (χ4v) is 4.34. The van der Waals surface area contributed by atoms with Crippen LogP contribution in [-0.2, 0) is 19.0 Å². The van der Waals surface area contributed by atoms with E-state index in [0.717, 1.165) is 19.3 Å². The summed E-state index contributed by atoms with van der Waals surface area (Å²) in [6.07, 6.45) is 2.37. The lowest BCUT2D eigenvalue weighted by atomic mass is 9.89. The van der Waals surface area contributed by atoms with Gasteiger partial charge in [-0.2, -0.15) is 8.42 Å². The fourth-order valence-electron chi connectivity index (χ4n) is 3.20. The highest BCUT2D eigenvalue weighted by molar-refractivity contribution is 7.87. The number of hydrogen-bond donors (Lipinski definition) is 0. The van der Waals surface area contributed by atoms with E-state index in [-0.39, 0.29) is 23.0 Å². The summed E-state index contributed by atoms with van der Waals surface area (Å²) in [4.78, 5) is 0.107. The summed E-state index contributed by atoms with van der Waals surface area (Å²) in [5.74, 6) is 0.378. The van der Waals surface area contributed by atoms with Crippen LogP contribution in [0.3, 0.4) is 0 Å². The summed E-state index contributed by atoms with van der Waals surface area (Å²) in [6.45, 7) is 0. The van der Waals surface area contributed by atoms with E-state index in [1.54, 1.807) is 18.2 Å². The quantitative estimate of drug-likeness (QED) is 0.733. The molecule has 1 aromatic carbocycles. The minimum atomic E-state index is -3.73. The topological polar surface area (TPSA) is 61.8 Å². The zero-order valence-corrected chi connectivity index (χ0v) is 11.0. The van der Waals surface area contributed by atoms with Gasteiger partial charge < -0.3 is 9.47 Å². The molecule has 0 amide bonds. The Morgan fingerprint density at radius 1 is 1.16 bits per heavy atom. The van der Waals surface area contributed by atoms with Crippen LogP contribution in [0, 0.1) is 5.92 Å². The van der Waals surface area contributed by atoms with Gasteiger partial charge in [0.05, 0.1) is 18.1 Å². The molecule has 3 aliphatic rings. The van der Waals surface area contributed by atoms with Crippen LogP contribution in [0.5, 0.6) is 5.75 Å². The average Bonchev–Trinajstić information content (AvgIpc) is 3.00. The largest absolute Gasteiger partial charge is 0.462 e. The molecule has 4 atom stereocenters. The van der Waals surface area contributed by atoms with Crippen molar-refractivity contribution in [3.05, 3.63) is 24.3 Å². The first-order valence-electron chi connectivity index (χ1n) is 6.48. The third-order valence-electron chi connectivity index (χ3n) is 4.09. The van der Waals surface area contributed by atoms with Crippen LogP contribution in [0.25, 0.3) is 0 Å². The van der Waals surface area contributed by atoms with Gasteiger partial charge in [0.15, 0.2) is 0 Å². The zero-order chi connectivity index (χ0) is 13.0. The lowest BCUT2D eigenvalue weighted by Gasteiger charge is -2.31. The van der Waals surface area contributed by atoms with E-state index in [1.165, 1.54) is 6.07 Å². The molecule has 2 fully saturated rings. The molecule has 3 heterocycles. The molecule has 102 valence electrons. The van der Waals surface area contributed by atoms with Gasteiger partial charge in [-0.1, -0.05) is 12.1 Å². The van der Waals surface area contributed by atoms with E-state index in [1.807, 2.05) is 0 Å². The van der Waals surface area contributed by atoms with Crippen molar-refractivity contribution in [2.75, 3.05) is 0 Å². The summed E-state index contributed by atoms with van der Waals surface area (Å²) in [5.41, 5.74) is 0. The predicted molar refractivity (Wildman–Crippen MR) is 65.1 cm³/mol. The van der Waals surface area contributed by atoms with Crippen molar-refractivity contribution in [1.82, 2.24) is 0 Å². The Morgan fingerprint density at radius 3 is 2.74 bits per heavy atom. The molecule has 0 aliphatic carbocycles. The van der Waals surface area contributed by atoms with Gasteiger partial charge in [-0.15, -0.1) is 0 Å². The highest BCUT2D eigenvalue weighted by Gasteiger charge is 2.49. The maximum atomic E-state index is 12.1. The maximum Gasteiger partial charge on any atom is 0.303 e. The van der Waals surface area contributed by atoms with Gasteiger partial charge in [0.2, 0.25) is 6.29 Å². The van der Waals surface area contributed by atoms with Crippen molar-refractivity contribution in [3.63, 3.8) is 0 Å². The van der Waals surface area contributed by atoms with E-state index in [4.69, 9.17) is 13.7 Å². The van der Waals surface area contributed by atoms with Crippen molar-refractivity contribution in [3.8, 4) is 5.75 Å². The van der Waals surface area contributed by atoms with Crippen LogP contribution in [0.4, 0.5) is 0 Å². The third-order valence-corrected chi connectivity index (χ3v) is 5.40. The second-order valence-electron chi connectivity index (χ2n) is 5.26. The molecule has 0 N–H and O–H groups in total. The molecular weight excluding hydrogens is 268 g/mol. The van der Waals surface area contributed by atoms with E-state index >= 15 is 0 Å². The van der Waals surface area contributed by atoms with Crippen molar-refractivity contribution in [2.24, 2.45) is 5.92 Å². The number of para-hydroxylation sites is 1. The van der Waals surface area contributed by atoms with E-state index < -0.39 is 16.4 Å². The van der Waals surface area contributed by atoms with Crippen LogP contribution in [-0.4, -0.2) is 26.9 Å². The predicted octanol–water partition coefficient (Wildman–Crippen LogP) is 1.68. The summed E-state index contributed by atoms with van der Waals surface area (Å²) >= 11 is 0. The van der Waals surface area contributed by atoms with Crippen LogP contribution in [0.1, 0.15) is 19.3 Å². The smallest absolute Gasteiger partial charge is 0.303 e.